The lowest BCUT2D eigenvalue weighted by atomic mass is 10.1. The molecule has 0 bridgehead atoms. The molecule has 0 aliphatic rings. The summed E-state index contributed by atoms with van der Waals surface area (Å²) >= 11 is 6.06. The average molecular weight is 445 g/mol. The third-order valence-electron chi connectivity index (χ3n) is 4.69. The first kappa shape index (κ1) is 22.4. The maximum atomic E-state index is 13.2. The fourth-order valence-electron chi connectivity index (χ4n) is 3.12. The summed E-state index contributed by atoms with van der Waals surface area (Å²) in [6.45, 7) is 5.78. The van der Waals surface area contributed by atoms with Crippen LogP contribution < -0.4 is 10.2 Å². The zero-order valence-electron chi connectivity index (χ0n) is 16.7. The number of alkyl halides is 3. The molecule has 0 atom stereocenters. The number of aryl methyl sites for hydroxylation is 1. The number of nitrogens with one attached hydrogen (secondary N) is 1. The molecule has 31 heavy (non-hydrogen) atoms. The predicted octanol–water partition coefficient (Wildman–Crippen LogP) is 7.24. The maximum Gasteiger partial charge on any atom is 0.416 e. The molecular weight excluding hydrogens is 425 g/mol. The number of anilines is 3. The van der Waals surface area contributed by atoms with E-state index in [2.05, 4.69) is 11.9 Å². The van der Waals surface area contributed by atoms with E-state index in [1.165, 1.54) is 6.07 Å². The summed E-state index contributed by atoms with van der Waals surface area (Å²) in [5.74, 6) is -0.352. The van der Waals surface area contributed by atoms with Gasteiger partial charge in [-0.15, -0.1) is 6.58 Å². The van der Waals surface area contributed by atoms with E-state index in [1.54, 1.807) is 66.4 Å². The van der Waals surface area contributed by atoms with Crippen molar-refractivity contribution >= 4 is 34.6 Å². The van der Waals surface area contributed by atoms with Crippen molar-refractivity contribution < 1.29 is 18.0 Å². The highest BCUT2D eigenvalue weighted by molar-refractivity contribution is 6.34. The van der Waals surface area contributed by atoms with Crippen molar-refractivity contribution in [2.45, 2.75) is 13.1 Å². The van der Waals surface area contributed by atoms with Crippen LogP contribution in [0.1, 0.15) is 21.5 Å². The lowest BCUT2D eigenvalue weighted by molar-refractivity contribution is -0.137. The number of nitrogens with zero attached hydrogens (tertiary/aromatic N) is 1. The average Bonchev–Trinajstić information content (AvgIpc) is 2.73. The van der Waals surface area contributed by atoms with E-state index in [4.69, 9.17) is 11.6 Å². The quantitative estimate of drug-likeness (QED) is 0.406. The van der Waals surface area contributed by atoms with Gasteiger partial charge >= 0.3 is 6.18 Å². The van der Waals surface area contributed by atoms with Crippen LogP contribution in [0.4, 0.5) is 30.2 Å². The first-order valence-corrected chi connectivity index (χ1v) is 9.80. The number of carbonyl (C=O) groups excluding carboxylic acids is 1. The number of benzene rings is 3. The van der Waals surface area contributed by atoms with Crippen LogP contribution in [0.15, 0.2) is 79.4 Å². The summed E-state index contributed by atoms with van der Waals surface area (Å²) in [5, 5.41) is 3.11. The lowest BCUT2D eigenvalue weighted by Gasteiger charge is -2.26. The van der Waals surface area contributed by atoms with Crippen LogP contribution in [0.2, 0.25) is 5.02 Å². The van der Waals surface area contributed by atoms with Crippen molar-refractivity contribution in [2.75, 3.05) is 16.8 Å². The Kier molecular flexibility index (Phi) is 6.71. The molecule has 3 rings (SSSR count). The van der Waals surface area contributed by atoms with E-state index < -0.39 is 11.7 Å². The molecule has 3 aromatic rings. The van der Waals surface area contributed by atoms with Crippen molar-refractivity contribution in [1.82, 2.24) is 0 Å². The maximum absolute atomic E-state index is 13.2. The van der Waals surface area contributed by atoms with Gasteiger partial charge in [0.15, 0.2) is 0 Å². The largest absolute Gasteiger partial charge is 0.416 e. The van der Waals surface area contributed by atoms with E-state index in [1.807, 2.05) is 0 Å². The molecule has 0 aliphatic heterocycles. The molecule has 0 saturated carbocycles. The number of hydrogen-bond acceptors (Lipinski definition) is 2. The summed E-state index contributed by atoms with van der Waals surface area (Å²) in [6, 6.07) is 17.2. The van der Waals surface area contributed by atoms with Gasteiger partial charge < -0.3 is 10.2 Å². The monoisotopic (exact) mass is 444 g/mol. The molecule has 1 N–H and O–H groups in total. The Hall–Kier alpha value is -3.25. The zero-order valence-corrected chi connectivity index (χ0v) is 17.5. The standard InChI is InChI=1S/C24H20ClF3N2O/c1-3-14-30(22-15-17(24(26,27)28)9-8-16(22)2)19-12-10-18(11-13-19)29-23(31)20-6-4-5-7-21(20)25/h3-13,15H,1,14H2,2H3,(H,29,31). The van der Waals surface area contributed by atoms with Crippen molar-refractivity contribution in [3.63, 3.8) is 0 Å². The molecule has 0 aromatic heterocycles. The minimum Gasteiger partial charge on any atom is -0.337 e. The van der Waals surface area contributed by atoms with Gasteiger partial charge in [-0.05, 0) is 61.0 Å². The Bertz CT molecular complexity index is 1090. The molecule has 1 amide bonds. The smallest absolute Gasteiger partial charge is 0.337 e. The molecule has 0 saturated heterocycles. The molecule has 7 heteroatoms. The van der Waals surface area contributed by atoms with E-state index in [0.717, 1.165) is 12.1 Å². The highest BCUT2D eigenvalue weighted by Gasteiger charge is 2.31. The van der Waals surface area contributed by atoms with Gasteiger partial charge in [-0.25, -0.2) is 0 Å². The molecule has 160 valence electrons. The second kappa shape index (κ2) is 9.27. The molecule has 3 aromatic carbocycles. The highest BCUT2D eigenvalue weighted by Crippen LogP contribution is 2.36. The fraction of sp³-hybridized carbons (Fsp3) is 0.125. The number of carbonyl (C=O) groups is 1. The summed E-state index contributed by atoms with van der Waals surface area (Å²) in [4.78, 5) is 14.2. The van der Waals surface area contributed by atoms with Gasteiger partial charge in [-0.1, -0.05) is 35.9 Å². The Morgan fingerprint density at radius 2 is 1.77 bits per heavy atom. The van der Waals surface area contributed by atoms with Crippen LogP contribution in [-0.2, 0) is 6.18 Å². The third-order valence-corrected chi connectivity index (χ3v) is 5.02. The van der Waals surface area contributed by atoms with E-state index in [9.17, 15) is 18.0 Å². The minimum atomic E-state index is -4.44. The van der Waals surface area contributed by atoms with E-state index in [-0.39, 0.29) is 5.91 Å². The highest BCUT2D eigenvalue weighted by atomic mass is 35.5. The van der Waals surface area contributed by atoms with Crippen LogP contribution in [-0.4, -0.2) is 12.5 Å². The van der Waals surface area contributed by atoms with Crippen LogP contribution in [0.5, 0.6) is 0 Å². The second-order valence-corrected chi connectivity index (χ2v) is 7.29. The van der Waals surface area contributed by atoms with Gasteiger partial charge in [0.05, 0.1) is 16.1 Å². The van der Waals surface area contributed by atoms with Crippen molar-refractivity contribution in [3.8, 4) is 0 Å². The summed E-state index contributed by atoms with van der Waals surface area (Å²) in [6.07, 6.45) is -2.82. The van der Waals surface area contributed by atoms with Gasteiger partial charge in [-0.3, -0.25) is 4.79 Å². The fourth-order valence-corrected chi connectivity index (χ4v) is 3.34. The molecule has 0 spiro atoms. The Morgan fingerprint density at radius 1 is 1.10 bits per heavy atom. The van der Waals surface area contributed by atoms with Crippen LogP contribution in [0.3, 0.4) is 0 Å². The van der Waals surface area contributed by atoms with Gasteiger partial charge in [-0.2, -0.15) is 13.2 Å². The minimum absolute atomic E-state index is 0.313. The number of halogens is 4. The third kappa shape index (κ3) is 5.27. The van der Waals surface area contributed by atoms with Gasteiger partial charge in [0.25, 0.3) is 5.91 Å². The Morgan fingerprint density at radius 3 is 2.39 bits per heavy atom. The van der Waals surface area contributed by atoms with E-state index in [0.29, 0.717) is 39.8 Å². The normalized spacial score (nSPS) is 11.1. The molecule has 3 nitrogen and oxygen atoms in total. The predicted molar refractivity (Wildman–Crippen MR) is 119 cm³/mol. The number of rotatable bonds is 6. The molecule has 0 radical (unpaired) electrons. The number of hydrogen-bond donors (Lipinski definition) is 1. The summed E-state index contributed by atoms with van der Waals surface area (Å²) in [5.41, 5.74) is 1.96. The van der Waals surface area contributed by atoms with Crippen molar-refractivity contribution in [2.24, 2.45) is 0 Å². The van der Waals surface area contributed by atoms with Crippen molar-refractivity contribution in [3.05, 3.63) is 101 Å². The van der Waals surface area contributed by atoms with Crippen molar-refractivity contribution in [1.29, 1.82) is 0 Å². The Balaban J connectivity index is 1.88. The molecule has 0 unspecified atom stereocenters. The summed E-state index contributed by atoms with van der Waals surface area (Å²) in [7, 11) is 0. The lowest BCUT2D eigenvalue weighted by Crippen LogP contribution is -2.19. The number of amides is 1. The van der Waals surface area contributed by atoms with E-state index >= 15 is 0 Å². The van der Waals surface area contributed by atoms with Crippen LogP contribution >= 0.6 is 11.6 Å². The second-order valence-electron chi connectivity index (χ2n) is 6.88. The summed E-state index contributed by atoms with van der Waals surface area (Å²) < 4.78 is 39.6. The van der Waals surface area contributed by atoms with Gasteiger partial charge in [0, 0.05) is 23.6 Å². The Labute approximate surface area is 183 Å². The zero-order chi connectivity index (χ0) is 22.6. The first-order chi connectivity index (χ1) is 14.7. The first-order valence-electron chi connectivity index (χ1n) is 9.43. The SMILES string of the molecule is C=CCN(c1ccc(NC(=O)c2ccccc2Cl)cc1)c1cc(C(F)(F)F)ccc1C. The van der Waals surface area contributed by atoms with Crippen LogP contribution in [0.25, 0.3) is 0 Å². The molecule has 0 heterocycles. The molecule has 0 fully saturated rings. The topological polar surface area (TPSA) is 32.3 Å². The van der Waals surface area contributed by atoms with Gasteiger partial charge in [0.2, 0.25) is 0 Å². The molecular formula is C24H20ClF3N2O. The molecule has 0 aliphatic carbocycles. The van der Waals surface area contributed by atoms with Crippen LogP contribution in [0, 0.1) is 6.92 Å². The van der Waals surface area contributed by atoms with Gasteiger partial charge in [0.1, 0.15) is 0 Å².